The van der Waals surface area contributed by atoms with Crippen LogP contribution >= 0.6 is 11.6 Å². The molecule has 0 bridgehead atoms. The topological polar surface area (TPSA) is 43.6 Å². The molecular formula is C15H11ClN2O2. The second-order valence-corrected chi connectivity index (χ2v) is 4.69. The van der Waals surface area contributed by atoms with E-state index in [2.05, 4.69) is 4.98 Å². The molecule has 2 aromatic heterocycles. The second-order valence-electron chi connectivity index (χ2n) is 4.26. The van der Waals surface area contributed by atoms with Crippen molar-refractivity contribution >= 4 is 23.0 Å². The summed E-state index contributed by atoms with van der Waals surface area (Å²) in [6.45, 7) is 0. The third-order valence-corrected chi connectivity index (χ3v) is 3.25. The summed E-state index contributed by atoms with van der Waals surface area (Å²) < 4.78 is 6.98. The quantitative estimate of drug-likeness (QED) is 0.694. The summed E-state index contributed by atoms with van der Waals surface area (Å²) in [6.07, 6.45) is 1.67. The number of carbonyl (C=O) groups excluding carboxylic acids is 1. The Hall–Kier alpha value is -2.33. The van der Waals surface area contributed by atoms with E-state index in [0.717, 1.165) is 0 Å². The fourth-order valence-corrected chi connectivity index (χ4v) is 2.14. The highest BCUT2D eigenvalue weighted by Gasteiger charge is 2.14. The van der Waals surface area contributed by atoms with Gasteiger partial charge in [0.15, 0.2) is 5.88 Å². The van der Waals surface area contributed by atoms with Crippen LogP contribution in [0.25, 0.3) is 5.65 Å². The molecule has 0 aliphatic carbocycles. The first-order chi connectivity index (χ1) is 9.69. The molecule has 0 N–H and O–H groups in total. The van der Waals surface area contributed by atoms with Crippen LogP contribution in [-0.2, 0) is 0 Å². The van der Waals surface area contributed by atoms with Gasteiger partial charge in [-0.3, -0.25) is 9.20 Å². The van der Waals surface area contributed by atoms with Crippen molar-refractivity contribution in [2.75, 3.05) is 7.11 Å². The van der Waals surface area contributed by atoms with E-state index in [-0.39, 0.29) is 5.78 Å². The Morgan fingerprint density at radius 1 is 1.20 bits per heavy atom. The molecule has 100 valence electrons. The maximum Gasteiger partial charge on any atom is 0.212 e. The smallest absolute Gasteiger partial charge is 0.212 e. The molecule has 0 saturated carbocycles. The molecular weight excluding hydrogens is 276 g/mol. The molecule has 1 aromatic carbocycles. The number of ketones is 1. The zero-order valence-electron chi connectivity index (χ0n) is 10.7. The number of nitrogens with zero attached hydrogens (tertiary/aromatic N) is 2. The minimum absolute atomic E-state index is 0.146. The number of methoxy groups -OCH3 is 1. The Bertz CT molecular complexity index is 778. The van der Waals surface area contributed by atoms with Crippen LogP contribution in [0.2, 0.25) is 5.02 Å². The molecule has 5 heteroatoms. The van der Waals surface area contributed by atoms with Gasteiger partial charge in [0.1, 0.15) is 11.3 Å². The summed E-state index contributed by atoms with van der Waals surface area (Å²) in [5.74, 6) is 0.484. The molecule has 2 heterocycles. The zero-order chi connectivity index (χ0) is 14.1. The van der Waals surface area contributed by atoms with E-state index in [1.165, 1.54) is 0 Å². The summed E-state index contributed by atoms with van der Waals surface area (Å²) in [5.41, 5.74) is 1.59. The Balaban J connectivity index is 2.06. The van der Waals surface area contributed by atoms with Crippen molar-refractivity contribution in [3.63, 3.8) is 0 Å². The van der Waals surface area contributed by atoms with Crippen molar-refractivity contribution in [1.82, 2.24) is 9.38 Å². The van der Waals surface area contributed by atoms with Crippen molar-refractivity contribution in [2.24, 2.45) is 0 Å². The van der Waals surface area contributed by atoms with Crippen molar-refractivity contribution in [1.29, 1.82) is 0 Å². The number of benzene rings is 1. The summed E-state index contributed by atoms with van der Waals surface area (Å²) in [6, 6.07) is 12.2. The maximum atomic E-state index is 12.4. The highest BCUT2D eigenvalue weighted by atomic mass is 35.5. The molecule has 0 fully saturated rings. The van der Waals surface area contributed by atoms with Crippen LogP contribution in [0.3, 0.4) is 0 Å². The Kier molecular flexibility index (Phi) is 3.16. The number of rotatable bonds is 3. The lowest BCUT2D eigenvalue weighted by atomic mass is 10.1. The first kappa shape index (κ1) is 12.7. The predicted octanol–water partition coefficient (Wildman–Crippen LogP) is 3.23. The van der Waals surface area contributed by atoms with Gasteiger partial charge in [0.25, 0.3) is 0 Å². The summed E-state index contributed by atoms with van der Waals surface area (Å²) >= 11 is 5.82. The van der Waals surface area contributed by atoms with Gasteiger partial charge in [0, 0.05) is 16.8 Å². The number of carbonyl (C=O) groups is 1. The van der Waals surface area contributed by atoms with Gasteiger partial charge in [0.2, 0.25) is 5.78 Å². The van der Waals surface area contributed by atoms with Crippen LogP contribution in [0, 0.1) is 0 Å². The molecule has 0 radical (unpaired) electrons. The second kappa shape index (κ2) is 4.98. The first-order valence-corrected chi connectivity index (χ1v) is 6.39. The van der Waals surface area contributed by atoms with E-state index in [1.807, 2.05) is 18.2 Å². The van der Waals surface area contributed by atoms with E-state index in [4.69, 9.17) is 16.3 Å². The van der Waals surface area contributed by atoms with Gasteiger partial charge in [-0.05, 0) is 36.4 Å². The predicted molar refractivity (Wildman–Crippen MR) is 76.6 cm³/mol. The standard InChI is InChI=1S/C15H11ClN2O2/c1-20-14-4-2-3-13-17-12(9-18(13)14)15(19)10-5-7-11(16)8-6-10/h2-9H,1H3. The molecule has 0 atom stereocenters. The van der Waals surface area contributed by atoms with E-state index < -0.39 is 0 Å². The van der Waals surface area contributed by atoms with Crippen LogP contribution in [0.5, 0.6) is 5.88 Å². The van der Waals surface area contributed by atoms with Gasteiger partial charge in [-0.15, -0.1) is 0 Å². The molecule has 0 spiro atoms. The average molecular weight is 287 g/mol. The molecule has 3 aromatic rings. The Labute approximate surface area is 120 Å². The van der Waals surface area contributed by atoms with E-state index >= 15 is 0 Å². The van der Waals surface area contributed by atoms with Gasteiger partial charge < -0.3 is 4.74 Å². The van der Waals surface area contributed by atoms with E-state index in [0.29, 0.717) is 27.8 Å². The first-order valence-electron chi connectivity index (χ1n) is 6.01. The van der Waals surface area contributed by atoms with Crippen LogP contribution in [-0.4, -0.2) is 22.3 Å². The number of ether oxygens (including phenoxy) is 1. The summed E-state index contributed by atoms with van der Waals surface area (Å²) in [7, 11) is 1.58. The summed E-state index contributed by atoms with van der Waals surface area (Å²) in [4.78, 5) is 16.7. The SMILES string of the molecule is COc1cccc2nc(C(=O)c3ccc(Cl)cc3)cn12. The van der Waals surface area contributed by atoms with Crippen LogP contribution in [0.4, 0.5) is 0 Å². The number of fused-ring (bicyclic) bond motifs is 1. The van der Waals surface area contributed by atoms with Gasteiger partial charge in [-0.2, -0.15) is 0 Å². The number of aromatic nitrogens is 2. The Morgan fingerprint density at radius 3 is 2.65 bits per heavy atom. The largest absolute Gasteiger partial charge is 0.482 e. The minimum atomic E-state index is -0.146. The van der Waals surface area contributed by atoms with Gasteiger partial charge >= 0.3 is 0 Å². The third kappa shape index (κ3) is 2.14. The van der Waals surface area contributed by atoms with Crippen molar-refractivity contribution in [3.8, 4) is 5.88 Å². The number of imidazole rings is 1. The third-order valence-electron chi connectivity index (χ3n) is 3.00. The normalized spacial score (nSPS) is 10.7. The molecule has 0 aliphatic rings. The van der Waals surface area contributed by atoms with E-state index in [1.54, 1.807) is 42.0 Å². The van der Waals surface area contributed by atoms with Crippen LogP contribution < -0.4 is 4.74 Å². The highest BCUT2D eigenvalue weighted by molar-refractivity contribution is 6.30. The molecule has 0 amide bonds. The molecule has 0 saturated heterocycles. The molecule has 20 heavy (non-hydrogen) atoms. The molecule has 4 nitrogen and oxygen atoms in total. The lowest BCUT2D eigenvalue weighted by molar-refractivity contribution is 0.103. The fraction of sp³-hybridized carbons (Fsp3) is 0.0667. The monoisotopic (exact) mass is 286 g/mol. The number of halogens is 1. The Morgan fingerprint density at radius 2 is 1.95 bits per heavy atom. The van der Waals surface area contributed by atoms with Gasteiger partial charge in [0.05, 0.1) is 7.11 Å². The number of hydrogen-bond donors (Lipinski definition) is 0. The maximum absolute atomic E-state index is 12.4. The average Bonchev–Trinajstić information content (AvgIpc) is 2.91. The van der Waals surface area contributed by atoms with E-state index in [9.17, 15) is 4.79 Å². The van der Waals surface area contributed by atoms with Crippen molar-refractivity contribution in [2.45, 2.75) is 0 Å². The zero-order valence-corrected chi connectivity index (χ0v) is 11.5. The number of pyridine rings is 1. The minimum Gasteiger partial charge on any atom is -0.482 e. The van der Waals surface area contributed by atoms with Crippen LogP contribution in [0.1, 0.15) is 16.1 Å². The van der Waals surface area contributed by atoms with Gasteiger partial charge in [-0.1, -0.05) is 17.7 Å². The van der Waals surface area contributed by atoms with Gasteiger partial charge in [-0.25, -0.2) is 4.98 Å². The fourth-order valence-electron chi connectivity index (χ4n) is 2.01. The molecule has 3 rings (SSSR count). The molecule has 0 unspecified atom stereocenters. The van der Waals surface area contributed by atoms with Crippen molar-refractivity contribution < 1.29 is 9.53 Å². The summed E-state index contributed by atoms with van der Waals surface area (Å²) in [5, 5.41) is 0.596. The lowest BCUT2D eigenvalue weighted by Gasteiger charge is -2.01. The number of hydrogen-bond acceptors (Lipinski definition) is 3. The molecule has 0 aliphatic heterocycles. The lowest BCUT2D eigenvalue weighted by Crippen LogP contribution is -2.01. The highest BCUT2D eigenvalue weighted by Crippen LogP contribution is 2.18. The van der Waals surface area contributed by atoms with Crippen LogP contribution in [0.15, 0.2) is 48.7 Å². The van der Waals surface area contributed by atoms with Crippen molar-refractivity contribution in [3.05, 3.63) is 64.9 Å².